The minimum absolute atomic E-state index is 0.735. The van der Waals surface area contributed by atoms with E-state index in [2.05, 4.69) is 55.6 Å². The van der Waals surface area contributed by atoms with Crippen molar-refractivity contribution in [1.29, 1.82) is 0 Å². The van der Waals surface area contributed by atoms with E-state index in [-0.39, 0.29) is 0 Å². The molecule has 0 N–H and O–H groups in total. The number of rotatable bonds is 13. The molecule has 2 fully saturated rings. The number of hydrogen-bond acceptors (Lipinski definition) is 7. The molecule has 4 radical (unpaired) electrons. The van der Waals surface area contributed by atoms with Gasteiger partial charge in [-0.1, -0.05) is 0 Å². The molecule has 0 aromatic carbocycles. The third kappa shape index (κ3) is 11.5. The molecule has 218 valence electrons. The average molecular weight is 769 g/mol. The summed E-state index contributed by atoms with van der Waals surface area (Å²) < 4.78 is 12.7. The Morgan fingerprint density at radius 2 is 1.54 bits per heavy atom. The number of thiophene rings is 1. The first-order valence-electron chi connectivity index (χ1n) is 15.5. The molecule has 0 unspecified atom stereocenters. The summed E-state index contributed by atoms with van der Waals surface area (Å²) in [6.45, 7) is 13.8. The van der Waals surface area contributed by atoms with Crippen LogP contribution in [0.4, 0.5) is 5.82 Å². The van der Waals surface area contributed by atoms with Crippen molar-refractivity contribution in [2.24, 2.45) is 0 Å². The molecule has 4 rings (SSSR count). The number of morpholine rings is 1. The van der Waals surface area contributed by atoms with Gasteiger partial charge in [-0.2, -0.15) is 0 Å². The topological polar surface area (TPSA) is 44.7 Å². The van der Waals surface area contributed by atoms with Crippen LogP contribution in [-0.2, 0) is 11.3 Å². The second-order valence-corrected chi connectivity index (χ2v) is 22.4. The van der Waals surface area contributed by atoms with E-state index in [0.717, 1.165) is 54.1 Å². The number of unbranched alkanes of at least 4 members (excludes halogenated alkanes) is 3. The van der Waals surface area contributed by atoms with Crippen LogP contribution in [0.15, 0.2) is 6.07 Å². The Kier molecular flexibility index (Phi) is 16.3. The molecule has 39 heavy (non-hydrogen) atoms. The van der Waals surface area contributed by atoms with Crippen LogP contribution in [0.3, 0.4) is 0 Å². The molecule has 2 aromatic heterocycles. The molecule has 0 amide bonds. The zero-order chi connectivity index (χ0) is 28.0. The number of nitrogens with zero attached hydrogens (tertiary/aromatic N) is 5. The molecule has 0 bridgehead atoms. The second kappa shape index (κ2) is 18.8. The van der Waals surface area contributed by atoms with E-state index in [0.29, 0.717) is 0 Å². The average Bonchev–Trinajstić information content (AvgIpc) is 3.35. The first kappa shape index (κ1) is 33.8. The van der Waals surface area contributed by atoms with Gasteiger partial charge in [-0.3, -0.25) is 0 Å². The first-order chi connectivity index (χ1) is 18.9. The monoisotopic (exact) mass is 771 g/mol. The summed E-state index contributed by atoms with van der Waals surface area (Å²) in [5.41, 5.74) is 1.12. The van der Waals surface area contributed by atoms with Crippen molar-refractivity contribution in [2.45, 2.75) is 98.0 Å². The fraction of sp³-hybridized carbons (Fsp3) is 0.800. The molecule has 9 heteroatoms. The van der Waals surface area contributed by atoms with Crippen molar-refractivity contribution >= 4 is 73.5 Å². The van der Waals surface area contributed by atoms with Crippen molar-refractivity contribution in [2.75, 3.05) is 58.4 Å². The van der Waals surface area contributed by atoms with Crippen LogP contribution in [0.25, 0.3) is 10.2 Å². The van der Waals surface area contributed by atoms with Crippen molar-refractivity contribution in [3.8, 4) is 0 Å². The summed E-state index contributed by atoms with van der Waals surface area (Å²) in [4.78, 5) is 18.3. The predicted molar refractivity (Wildman–Crippen MR) is 173 cm³/mol. The summed E-state index contributed by atoms with van der Waals surface area (Å²) in [5, 5.41) is 0. The van der Waals surface area contributed by atoms with Gasteiger partial charge in [-0.25, -0.2) is 0 Å². The van der Waals surface area contributed by atoms with Crippen LogP contribution >= 0.6 is 11.3 Å². The second-order valence-electron chi connectivity index (χ2n) is 11.4. The predicted octanol–water partition coefficient (Wildman–Crippen LogP) is 5.73. The molecular weight excluding hydrogens is 716 g/mol. The molecule has 2 saturated heterocycles. The molecule has 2 aliphatic rings. The molecule has 2 aliphatic heterocycles. The number of piperidine rings is 1. The summed E-state index contributed by atoms with van der Waals surface area (Å²) in [7, 11) is 4.39. The number of hydrogen-bond donors (Lipinski definition) is 0. The first-order valence-corrected chi connectivity index (χ1v) is 23.8. The van der Waals surface area contributed by atoms with Gasteiger partial charge in [0.15, 0.2) is 0 Å². The van der Waals surface area contributed by atoms with Crippen molar-refractivity contribution < 1.29 is 4.74 Å². The number of aromatic nitrogens is 2. The van der Waals surface area contributed by atoms with Gasteiger partial charge >= 0.3 is 265 Å². The fourth-order valence-corrected chi connectivity index (χ4v) is 16.8. The van der Waals surface area contributed by atoms with Crippen LogP contribution in [0.1, 0.15) is 77.0 Å². The number of likely N-dealkylation sites (tertiary alicyclic amines) is 1. The Labute approximate surface area is 263 Å². The van der Waals surface area contributed by atoms with E-state index in [1.54, 1.807) is 13.3 Å². The molecular formula is C30H53N5OSSn2. The molecule has 0 aliphatic carbocycles. The van der Waals surface area contributed by atoms with Crippen molar-refractivity contribution in [1.82, 2.24) is 19.8 Å². The Hall–Kier alpha value is 0.317. The van der Waals surface area contributed by atoms with Gasteiger partial charge in [-0.15, -0.1) is 0 Å². The van der Waals surface area contributed by atoms with E-state index in [1.165, 1.54) is 96.6 Å². The van der Waals surface area contributed by atoms with Gasteiger partial charge in [0.1, 0.15) is 0 Å². The zero-order valence-corrected chi connectivity index (χ0v) is 32.0. The number of anilines is 1. The Bertz CT molecular complexity index is 926. The summed E-state index contributed by atoms with van der Waals surface area (Å²) in [6, 6.07) is 3.02. The van der Waals surface area contributed by atoms with Gasteiger partial charge < -0.3 is 0 Å². The van der Waals surface area contributed by atoms with E-state index in [1.807, 2.05) is 11.3 Å². The molecule has 0 saturated carbocycles. The normalized spacial score (nSPS) is 17.3. The standard InChI is InChI=1S/C18H26N5OS.3C4H9.2Sn/c1-21(2)14-3-5-22(6-4-14)12-15-11-16-17(25-15)18(20-13-19-16)23-7-9-24-10-8-23;3*1-3-4-2;;/h11,14H,3-10,12H2,1-2H3;3*1,3-4H2,2H3;;. The zero-order valence-electron chi connectivity index (χ0n) is 25.4. The molecule has 4 heterocycles. The SMILES string of the molecule is CCC[CH2][Sn]([CH2]CCC)[CH2]CCC.CN(C)C1CCN(Cc2cc3n[c]([Sn])nc(N4CCOCC4)c3s2)CC1. The molecule has 2 aromatic rings. The van der Waals surface area contributed by atoms with Gasteiger partial charge in [0.05, 0.1) is 0 Å². The number of fused-ring (bicyclic) bond motifs is 1. The van der Waals surface area contributed by atoms with Crippen molar-refractivity contribution in [3.05, 3.63) is 10.9 Å². The van der Waals surface area contributed by atoms with E-state index < -0.39 is 19.8 Å². The summed E-state index contributed by atoms with van der Waals surface area (Å²) >= 11 is 2.31. The number of ether oxygens (including phenoxy) is 1. The van der Waals surface area contributed by atoms with Crippen LogP contribution in [0.5, 0.6) is 0 Å². The summed E-state index contributed by atoms with van der Waals surface area (Å²) in [6.07, 6.45) is 11.4. The van der Waals surface area contributed by atoms with Crippen LogP contribution in [0.2, 0.25) is 13.3 Å². The Morgan fingerprint density at radius 3 is 2.08 bits per heavy atom. The molecule has 0 spiro atoms. The molecule has 0 atom stereocenters. The summed E-state index contributed by atoms with van der Waals surface area (Å²) in [5.74, 6) is 1.12. The van der Waals surface area contributed by atoms with Crippen LogP contribution < -0.4 is 8.74 Å². The van der Waals surface area contributed by atoms with Gasteiger partial charge in [-0.05, 0) is 0 Å². The van der Waals surface area contributed by atoms with E-state index in [9.17, 15) is 0 Å². The fourth-order valence-electron chi connectivity index (χ4n) is 5.50. The maximum absolute atomic E-state index is 5.51. The molecule has 6 nitrogen and oxygen atoms in total. The third-order valence-corrected chi connectivity index (χ3v) is 18.9. The van der Waals surface area contributed by atoms with Gasteiger partial charge in [0, 0.05) is 0 Å². The van der Waals surface area contributed by atoms with Crippen LogP contribution in [0, 0.1) is 0 Å². The van der Waals surface area contributed by atoms with E-state index >= 15 is 0 Å². The Morgan fingerprint density at radius 1 is 0.949 bits per heavy atom. The van der Waals surface area contributed by atoms with Gasteiger partial charge in [0.2, 0.25) is 0 Å². The maximum atomic E-state index is 5.51. The van der Waals surface area contributed by atoms with Gasteiger partial charge in [0.25, 0.3) is 0 Å². The third-order valence-electron chi connectivity index (χ3n) is 8.03. The minimum atomic E-state index is -0.839. The van der Waals surface area contributed by atoms with Crippen molar-refractivity contribution in [3.63, 3.8) is 0 Å². The quantitative estimate of drug-likeness (QED) is 0.243. The van der Waals surface area contributed by atoms with E-state index in [4.69, 9.17) is 14.7 Å². The van der Waals surface area contributed by atoms with Crippen LogP contribution in [-0.4, -0.2) is 122 Å². The Balaban J connectivity index is 0.000000276.